The van der Waals surface area contributed by atoms with E-state index in [-0.39, 0.29) is 11.8 Å². The molecular formula is C15H20O3. The first-order chi connectivity index (χ1) is 8.61. The summed E-state index contributed by atoms with van der Waals surface area (Å²) < 4.78 is 5.14. The highest BCUT2D eigenvalue weighted by atomic mass is 16.5. The third kappa shape index (κ3) is 2.66. The number of carboxylic acid groups (broad SMARTS) is 1. The molecule has 0 saturated heterocycles. The number of carbonyl (C=O) groups is 1. The second kappa shape index (κ2) is 5.42. The van der Waals surface area contributed by atoms with Gasteiger partial charge in [0.1, 0.15) is 5.75 Å². The average Bonchev–Trinajstić information content (AvgIpc) is 2.38. The molecule has 3 unspecified atom stereocenters. The molecule has 0 aromatic heterocycles. The zero-order chi connectivity index (χ0) is 13.1. The Kier molecular flexibility index (Phi) is 3.90. The van der Waals surface area contributed by atoms with Crippen molar-refractivity contribution in [3.63, 3.8) is 0 Å². The molecule has 1 aromatic rings. The van der Waals surface area contributed by atoms with E-state index >= 15 is 0 Å². The standard InChI is InChI=1S/C15H20O3/c1-10-3-8-13(15(16)17)14(9-10)11-4-6-12(18-2)7-5-11/h4-7,10,13-14H,3,8-9H2,1-2H3,(H,16,17). The summed E-state index contributed by atoms with van der Waals surface area (Å²) in [6.07, 6.45) is 2.76. The monoisotopic (exact) mass is 248 g/mol. The van der Waals surface area contributed by atoms with Crippen LogP contribution in [0.3, 0.4) is 0 Å². The van der Waals surface area contributed by atoms with Crippen LogP contribution in [0.4, 0.5) is 0 Å². The first kappa shape index (κ1) is 12.9. The van der Waals surface area contributed by atoms with Crippen LogP contribution in [0.1, 0.15) is 37.7 Å². The summed E-state index contributed by atoms with van der Waals surface area (Å²) in [5.74, 6) is 0.650. The molecule has 1 aliphatic rings. The number of benzene rings is 1. The lowest BCUT2D eigenvalue weighted by Gasteiger charge is -2.32. The topological polar surface area (TPSA) is 46.5 Å². The Bertz CT molecular complexity index is 410. The van der Waals surface area contributed by atoms with Gasteiger partial charge in [0.25, 0.3) is 0 Å². The normalized spacial score (nSPS) is 27.8. The number of hydrogen-bond acceptors (Lipinski definition) is 2. The Morgan fingerprint density at radius 2 is 1.94 bits per heavy atom. The van der Waals surface area contributed by atoms with E-state index in [1.165, 1.54) is 0 Å². The molecular weight excluding hydrogens is 228 g/mol. The van der Waals surface area contributed by atoms with E-state index in [0.29, 0.717) is 5.92 Å². The maximum Gasteiger partial charge on any atom is 0.307 e. The van der Waals surface area contributed by atoms with Crippen molar-refractivity contribution in [2.24, 2.45) is 11.8 Å². The van der Waals surface area contributed by atoms with E-state index in [1.54, 1.807) is 7.11 Å². The fourth-order valence-corrected chi connectivity index (χ4v) is 2.90. The average molecular weight is 248 g/mol. The highest BCUT2D eigenvalue weighted by molar-refractivity contribution is 5.71. The molecule has 1 aromatic carbocycles. The SMILES string of the molecule is COc1ccc(C2CC(C)CCC2C(=O)O)cc1. The molecule has 3 atom stereocenters. The minimum atomic E-state index is -0.664. The Labute approximate surface area is 108 Å². The lowest BCUT2D eigenvalue weighted by Crippen LogP contribution is -2.28. The Balaban J connectivity index is 2.23. The van der Waals surface area contributed by atoms with Gasteiger partial charge in [-0.2, -0.15) is 0 Å². The van der Waals surface area contributed by atoms with Crippen molar-refractivity contribution in [2.45, 2.75) is 32.1 Å². The van der Waals surface area contributed by atoms with Crippen LogP contribution in [-0.4, -0.2) is 18.2 Å². The van der Waals surface area contributed by atoms with Crippen LogP contribution in [0.5, 0.6) is 5.75 Å². The van der Waals surface area contributed by atoms with Crippen LogP contribution < -0.4 is 4.74 Å². The summed E-state index contributed by atoms with van der Waals surface area (Å²) in [6.45, 7) is 2.20. The maximum atomic E-state index is 11.3. The van der Waals surface area contributed by atoms with Crippen molar-refractivity contribution in [3.8, 4) is 5.75 Å². The van der Waals surface area contributed by atoms with Crippen LogP contribution in [-0.2, 0) is 4.79 Å². The lowest BCUT2D eigenvalue weighted by molar-refractivity contribution is -0.143. The third-order valence-corrected chi connectivity index (χ3v) is 3.97. The number of ether oxygens (including phenoxy) is 1. The van der Waals surface area contributed by atoms with Crippen LogP contribution in [0.2, 0.25) is 0 Å². The van der Waals surface area contributed by atoms with Gasteiger partial charge in [0, 0.05) is 0 Å². The predicted octanol–water partition coefficient (Wildman–Crippen LogP) is 3.30. The van der Waals surface area contributed by atoms with E-state index in [4.69, 9.17) is 4.74 Å². The molecule has 98 valence electrons. The molecule has 0 aliphatic heterocycles. The highest BCUT2D eigenvalue weighted by Gasteiger charge is 2.34. The Morgan fingerprint density at radius 3 is 2.50 bits per heavy atom. The van der Waals surface area contributed by atoms with Gasteiger partial charge in [-0.05, 0) is 48.8 Å². The molecule has 2 rings (SSSR count). The van der Waals surface area contributed by atoms with Crippen molar-refractivity contribution in [3.05, 3.63) is 29.8 Å². The summed E-state index contributed by atoms with van der Waals surface area (Å²) >= 11 is 0. The third-order valence-electron chi connectivity index (χ3n) is 3.97. The molecule has 0 bridgehead atoms. The van der Waals surface area contributed by atoms with E-state index in [0.717, 1.165) is 30.6 Å². The quantitative estimate of drug-likeness (QED) is 0.892. The number of rotatable bonds is 3. The zero-order valence-electron chi connectivity index (χ0n) is 10.9. The number of hydrogen-bond donors (Lipinski definition) is 1. The molecule has 18 heavy (non-hydrogen) atoms. The van der Waals surface area contributed by atoms with Crippen molar-refractivity contribution >= 4 is 5.97 Å². The van der Waals surface area contributed by atoms with E-state index < -0.39 is 5.97 Å². The van der Waals surface area contributed by atoms with Gasteiger partial charge in [-0.25, -0.2) is 0 Å². The molecule has 1 fully saturated rings. The van der Waals surface area contributed by atoms with Gasteiger partial charge in [-0.15, -0.1) is 0 Å². The molecule has 0 spiro atoms. The summed E-state index contributed by atoms with van der Waals surface area (Å²) in [7, 11) is 1.64. The minimum absolute atomic E-state index is 0.136. The summed E-state index contributed by atoms with van der Waals surface area (Å²) in [5.41, 5.74) is 1.12. The smallest absolute Gasteiger partial charge is 0.307 e. The van der Waals surface area contributed by atoms with E-state index in [9.17, 15) is 9.90 Å². The summed E-state index contributed by atoms with van der Waals surface area (Å²) in [4.78, 5) is 11.3. The van der Waals surface area contributed by atoms with Gasteiger partial charge < -0.3 is 9.84 Å². The number of methoxy groups -OCH3 is 1. The van der Waals surface area contributed by atoms with Crippen molar-refractivity contribution in [2.75, 3.05) is 7.11 Å². The molecule has 0 heterocycles. The molecule has 3 heteroatoms. The van der Waals surface area contributed by atoms with Crippen molar-refractivity contribution in [1.82, 2.24) is 0 Å². The first-order valence-corrected chi connectivity index (χ1v) is 6.48. The Morgan fingerprint density at radius 1 is 1.28 bits per heavy atom. The van der Waals surface area contributed by atoms with E-state index in [2.05, 4.69) is 6.92 Å². The Hall–Kier alpha value is -1.51. The summed E-state index contributed by atoms with van der Waals surface area (Å²) in [6, 6.07) is 7.82. The second-order valence-corrected chi connectivity index (χ2v) is 5.24. The van der Waals surface area contributed by atoms with Crippen LogP contribution in [0.15, 0.2) is 24.3 Å². The predicted molar refractivity (Wildman–Crippen MR) is 69.9 cm³/mol. The molecule has 1 N–H and O–H groups in total. The molecule has 1 saturated carbocycles. The van der Waals surface area contributed by atoms with Crippen LogP contribution >= 0.6 is 0 Å². The van der Waals surface area contributed by atoms with Gasteiger partial charge in [0.05, 0.1) is 13.0 Å². The number of carboxylic acids is 1. The second-order valence-electron chi connectivity index (χ2n) is 5.24. The fraction of sp³-hybridized carbons (Fsp3) is 0.533. The van der Waals surface area contributed by atoms with E-state index in [1.807, 2.05) is 24.3 Å². The lowest BCUT2D eigenvalue weighted by atomic mass is 9.71. The molecule has 0 amide bonds. The van der Waals surface area contributed by atoms with Gasteiger partial charge in [-0.3, -0.25) is 4.79 Å². The fourth-order valence-electron chi connectivity index (χ4n) is 2.90. The largest absolute Gasteiger partial charge is 0.497 e. The van der Waals surface area contributed by atoms with Crippen molar-refractivity contribution in [1.29, 1.82) is 0 Å². The van der Waals surface area contributed by atoms with Gasteiger partial charge >= 0.3 is 5.97 Å². The molecule has 0 radical (unpaired) electrons. The van der Waals surface area contributed by atoms with Crippen LogP contribution in [0, 0.1) is 11.8 Å². The molecule has 1 aliphatic carbocycles. The van der Waals surface area contributed by atoms with Crippen LogP contribution in [0.25, 0.3) is 0 Å². The molecule has 3 nitrogen and oxygen atoms in total. The van der Waals surface area contributed by atoms with Gasteiger partial charge in [0.2, 0.25) is 0 Å². The first-order valence-electron chi connectivity index (χ1n) is 6.48. The highest BCUT2D eigenvalue weighted by Crippen LogP contribution is 2.40. The van der Waals surface area contributed by atoms with Crippen molar-refractivity contribution < 1.29 is 14.6 Å². The maximum absolute atomic E-state index is 11.3. The zero-order valence-corrected chi connectivity index (χ0v) is 10.9. The minimum Gasteiger partial charge on any atom is -0.497 e. The van der Waals surface area contributed by atoms with Gasteiger partial charge in [0.15, 0.2) is 0 Å². The van der Waals surface area contributed by atoms with Gasteiger partial charge in [-0.1, -0.05) is 19.1 Å². The summed E-state index contributed by atoms with van der Waals surface area (Å²) in [5, 5.41) is 9.33. The number of aliphatic carboxylic acids is 1.